The molecule has 1 amide bonds. The van der Waals surface area contributed by atoms with Crippen LogP contribution in [0.15, 0.2) is 11.6 Å². The van der Waals surface area contributed by atoms with E-state index < -0.39 is 5.97 Å². The number of aromatic carboxylic acids is 1. The third kappa shape index (κ3) is 3.91. The number of aryl methyl sites for hydroxylation is 2. The number of nitrogens with zero attached hydrogens (tertiary/aromatic N) is 3. The van der Waals surface area contributed by atoms with Crippen LogP contribution in [0.1, 0.15) is 50.6 Å². The van der Waals surface area contributed by atoms with Gasteiger partial charge < -0.3 is 19.3 Å². The number of carboxylic acid groups (broad SMARTS) is 1. The van der Waals surface area contributed by atoms with Crippen LogP contribution < -0.4 is 0 Å². The van der Waals surface area contributed by atoms with Crippen molar-refractivity contribution in [2.24, 2.45) is 0 Å². The maximum atomic E-state index is 12.8. The molecule has 162 valence electrons. The highest BCUT2D eigenvalue weighted by Crippen LogP contribution is 2.39. The maximum absolute atomic E-state index is 12.8. The number of carbonyl (C=O) groups excluding carboxylic acids is 1. The summed E-state index contributed by atoms with van der Waals surface area (Å²) in [4.78, 5) is 27.7. The first-order chi connectivity index (χ1) is 14.9. The Labute approximate surface area is 185 Å². The van der Waals surface area contributed by atoms with E-state index >= 15 is 0 Å². The number of carbonyl (C=O) groups is 2. The molecule has 0 spiro atoms. The van der Waals surface area contributed by atoms with Crippen molar-refractivity contribution in [2.75, 3.05) is 26.3 Å². The lowest BCUT2D eigenvalue weighted by molar-refractivity contribution is -0.130. The highest BCUT2D eigenvalue weighted by atomic mass is 32.1. The Balaban J connectivity index is 1.76. The minimum absolute atomic E-state index is 0.0751. The van der Waals surface area contributed by atoms with E-state index in [1.54, 1.807) is 22.3 Å². The number of hydrogen-bond donors (Lipinski definition) is 1. The number of hydrogen-bond acceptors (Lipinski definition) is 5. The van der Waals surface area contributed by atoms with Gasteiger partial charge in [0, 0.05) is 29.4 Å². The second kappa shape index (κ2) is 8.69. The summed E-state index contributed by atoms with van der Waals surface area (Å²) < 4.78 is 7.24. The van der Waals surface area contributed by atoms with Crippen molar-refractivity contribution < 1.29 is 19.4 Å². The topological polar surface area (TPSA) is 95.6 Å². The van der Waals surface area contributed by atoms with E-state index in [9.17, 15) is 20.0 Å². The molecule has 0 unspecified atom stereocenters. The van der Waals surface area contributed by atoms with Gasteiger partial charge in [0.15, 0.2) is 0 Å². The summed E-state index contributed by atoms with van der Waals surface area (Å²) in [6, 6.07) is 3.95. The third-order valence-electron chi connectivity index (χ3n) is 5.99. The number of nitriles is 1. The zero-order valence-corrected chi connectivity index (χ0v) is 18.5. The lowest BCUT2D eigenvalue weighted by Crippen LogP contribution is -2.41. The summed E-state index contributed by atoms with van der Waals surface area (Å²) in [6.07, 6.45) is 5.42. The number of fused-ring (bicyclic) bond motifs is 1. The Kier molecular flexibility index (Phi) is 5.99. The standard InChI is InChI=1S/C23H25N3O4S/c1-14-11-16(12-17(13-24)21(27)25-7-9-30-10-8-25)15(2)26(14)22-20(23(28)29)18-5-3-4-6-19(18)31-22/h11-12H,3-10H2,1-2H3,(H,28,29)/b17-12-. The molecule has 7 nitrogen and oxygen atoms in total. The molecule has 3 heterocycles. The quantitative estimate of drug-likeness (QED) is 0.581. The normalized spacial score (nSPS) is 16.7. The maximum Gasteiger partial charge on any atom is 0.339 e. The van der Waals surface area contributed by atoms with Gasteiger partial charge in [0.1, 0.15) is 16.6 Å². The number of carboxylic acids is 1. The van der Waals surface area contributed by atoms with Gasteiger partial charge in [-0.2, -0.15) is 5.26 Å². The molecule has 1 fully saturated rings. The molecule has 8 heteroatoms. The summed E-state index contributed by atoms with van der Waals surface area (Å²) in [7, 11) is 0. The van der Waals surface area contributed by atoms with Crippen LogP contribution in [0, 0.1) is 25.2 Å². The predicted molar refractivity (Wildman–Crippen MR) is 118 cm³/mol. The lowest BCUT2D eigenvalue weighted by Gasteiger charge is -2.26. The van der Waals surface area contributed by atoms with Gasteiger partial charge in [0.25, 0.3) is 5.91 Å². The highest BCUT2D eigenvalue weighted by Gasteiger charge is 2.28. The molecular formula is C23H25N3O4S. The van der Waals surface area contributed by atoms with Crippen molar-refractivity contribution in [2.45, 2.75) is 39.5 Å². The van der Waals surface area contributed by atoms with Gasteiger partial charge in [-0.25, -0.2) is 4.79 Å². The minimum Gasteiger partial charge on any atom is -0.478 e. The van der Waals surface area contributed by atoms with Gasteiger partial charge in [-0.3, -0.25) is 4.79 Å². The van der Waals surface area contributed by atoms with Crippen molar-refractivity contribution in [3.05, 3.63) is 44.6 Å². The average molecular weight is 440 g/mol. The Morgan fingerprint density at radius 1 is 1.23 bits per heavy atom. The molecule has 2 aliphatic rings. The monoisotopic (exact) mass is 439 g/mol. The molecule has 0 bridgehead atoms. The fourth-order valence-corrected chi connectivity index (χ4v) is 5.90. The largest absolute Gasteiger partial charge is 0.478 e. The van der Waals surface area contributed by atoms with E-state index in [4.69, 9.17) is 4.74 Å². The molecule has 1 aliphatic carbocycles. The second-order valence-electron chi connectivity index (χ2n) is 7.93. The highest BCUT2D eigenvalue weighted by molar-refractivity contribution is 7.15. The van der Waals surface area contributed by atoms with Gasteiger partial charge in [0.05, 0.1) is 18.8 Å². The Bertz CT molecular complexity index is 1110. The first-order valence-electron chi connectivity index (χ1n) is 10.5. The van der Waals surface area contributed by atoms with Crippen molar-refractivity contribution in [3.8, 4) is 11.1 Å². The van der Waals surface area contributed by atoms with E-state index in [-0.39, 0.29) is 11.5 Å². The van der Waals surface area contributed by atoms with Crippen LogP contribution >= 0.6 is 11.3 Å². The second-order valence-corrected chi connectivity index (χ2v) is 9.02. The number of morpholine rings is 1. The van der Waals surface area contributed by atoms with Crippen molar-refractivity contribution in [3.63, 3.8) is 0 Å². The number of rotatable bonds is 4. The molecule has 0 radical (unpaired) electrons. The van der Waals surface area contributed by atoms with Crippen LogP contribution in [0.25, 0.3) is 11.1 Å². The molecule has 1 aliphatic heterocycles. The Hall–Kier alpha value is -2.89. The smallest absolute Gasteiger partial charge is 0.339 e. The van der Waals surface area contributed by atoms with Gasteiger partial charge in [-0.1, -0.05) is 0 Å². The molecule has 1 saturated heterocycles. The first kappa shape index (κ1) is 21.3. The molecule has 2 aromatic rings. The zero-order valence-electron chi connectivity index (χ0n) is 17.7. The van der Waals surface area contributed by atoms with E-state index in [1.807, 2.05) is 30.6 Å². The molecule has 2 aromatic heterocycles. The van der Waals surface area contributed by atoms with Gasteiger partial charge in [0.2, 0.25) is 0 Å². The molecule has 0 atom stereocenters. The molecule has 31 heavy (non-hydrogen) atoms. The first-order valence-corrected chi connectivity index (χ1v) is 11.3. The van der Waals surface area contributed by atoms with Gasteiger partial charge in [-0.05, 0) is 62.8 Å². The van der Waals surface area contributed by atoms with E-state index in [2.05, 4.69) is 0 Å². The number of ether oxygens (including phenoxy) is 1. The summed E-state index contributed by atoms with van der Waals surface area (Å²) in [5.41, 5.74) is 3.87. The molecule has 0 aromatic carbocycles. The lowest BCUT2D eigenvalue weighted by atomic mass is 9.95. The fraction of sp³-hybridized carbons (Fsp3) is 0.435. The summed E-state index contributed by atoms with van der Waals surface area (Å²) >= 11 is 1.55. The Morgan fingerprint density at radius 2 is 1.94 bits per heavy atom. The van der Waals surface area contributed by atoms with E-state index in [1.165, 1.54) is 0 Å². The van der Waals surface area contributed by atoms with Gasteiger partial charge >= 0.3 is 5.97 Å². The molecule has 4 rings (SSSR count). The van der Waals surface area contributed by atoms with Crippen molar-refractivity contribution >= 4 is 29.3 Å². The SMILES string of the molecule is Cc1cc(/C=C(/C#N)C(=O)N2CCOCC2)c(C)n1-c1sc2c(c1C(=O)O)CCCC2. The van der Waals surface area contributed by atoms with Crippen LogP contribution in [0.2, 0.25) is 0 Å². The molecule has 0 saturated carbocycles. The predicted octanol–water partition coefficient (Wildman–Crippen LogP) is 3.50. The molecular weight excluding hydrogens is 414 g/mol. The van der Waals surface area contributed by atoms with Crippen molar-refractivity contribution in [1.29, 1.82) is 5.26 Å². The van der Waals surface area contributed by atoms with Gasteiger partial charge in [-0.15, -0.1) is 11.3 Å². The summed E-state index contributed by atoms with van der Waals surface area (Å²) in [5, 5.41) is 20.3. The minimum atomic E-state index is -0.904. The fourth-order valence-electron chi connectivity index (χ4n) is 4.41. The number of thiophene rings is 1. The van der Waals surface area contributed by atoms with Crippen LogP contribution in [0.3, 0.4) is 0 Å². The third-order valence-corrected chi connectivity index (χ3v) is 7.27. The summed E-state index contributed by atoms with van der Waals surface area (Å²) in [6.45, 7) is 5.71. The number of amides is 1. The van der Waals surface area contributed by atoms with Crippen LogP contribution in [0.4, 0.5) is 0 Å². The van der Waals surface area contributed by atoms with Crippen LogP contribution in [-0.2, 0) is 22.4 Å². The number of aromatic nitrogens is 1. The van der Waals surface area contributed by atoms with Crippen molar-refractivity contribution in [1.82, 2.24) is 9.47 Å². The van der Waals surface area contributed by atoms with Crippen LogP contribution in [0.5, 0.6) is 0 Å². The molecule has 1 N–H and O–H groups in total. The van der Waals surface area contributed by atoms with E-state index in [0.29, 0.717) is 36.9 Å². The average Bonchev–Trinajstić information content (AvgIpc) is 3.28. The van der Waals surface area contributed by atoms with E-state index in [0.717, 1.165) is 53.1 Å². The summed E-state index contributed by atoms with van der Waals surface area (Å²) in [5.74, 6) is -1.20. The Morgan fingerprint density at radius 3 is 2.61 bits per heavy atom. The van der Waals surface area contributed by atoms with Crippen LogP contribution in [-0.4, -0.2) is 52.8 Å². The zero-order chi connectivity index (χ0) is 22.1.